The van der Waals surface area contributed by atoms with Crippen molar-refractivity contribution in [3.63, 3.8) is 0 Å². The van der Waals surface area contributed by atoms with E-state index < -0.39 is 0 Å². The maximum Gasteiger partial charge on any atom is 0.248 e. The summed E-state index contributed by atoms with van der Waals surface area (Å²) in [6, 6.07) is 7.87. The normalized spacial score (nSPS) is 19.3. The molecule has 2 aromatic rings. The zero-order valence-corrected chi connectivity index (χ0v) is 20.1. The number of benzene rings is 1. The van der Waals surface area contributed by atoms with Crippen LogP contribution in [0.3, 0.4) is 0 Å². The fourth-order valence-corrected chi connectivity index (χ4v) is 4.52. The third-order valence-corrected chi connectivity index (χ3v) is 5.86. The van der Waals surface area contributed by atoms with E-state index in [1.165, 1.54) is 25.0 Å². The molecular formula is C19H27ClIN5OS. The lowest BCUT2D eigenvalue weighted by Gasteiger charge is -2.17. The summed E-state index contributed by atoms with van der Waals surface area (Å²) in [5.74, 6) is 2.98. The number of hydrogen-bond acceptors (Lipinski definition) is 5. The van der Waals surface area contributed by atoms with E-state index in [0.29, 0.717) is 29.3 Å². The van der Waals surface area contributed by atoms with Crippen molar-refractivity contribution in [3.05, 3.63) is 35.2 Å². The topological polar surface area (TPSA) is 75.3 Å². The highest BCUT2D eigenvalue weighted by molar-refractivity contribution is 14.0. The molecule has 1 aliphatic rings. The first-order chi connectivity index (χ1) is 13.2. The van der Waals surface area contributed by atoms with Crippen molar-refractivity contribution in [2.45, 2.75) is 50.9 Å². The SMILES string of the molecule is CCNC(=NCc1nc(-c2cccc(Cl)c2)no1)NC1CCC(SCC)C1.I. The molecule has 6 nitrogen and oxygen atoms in total. The molecule has 1 heterocycles. The van der Waals surface area contributed by atoms with Gasteiger partial charge in [-0.25, -0.2) is 4.99 Å². The Morgan fingerprint density at radius 2 is 2.21 bits per heavy atom. The number of aliphatic imine (C=N–C) groups is 1. The van der Waals surface area contributed by atoms with E-state index in [0.717, 1.165) is 23.3 Å². The fourth-order valence-electron chi connectivity index (χ4n) is 3.18. The highest BCUT2D eigenvalue weighted by atomic mass is 127. The van der Waals surface area contributed by atoms with Crippen LogP contribution in [0, 0.1) is 0 Å². The average molecular weight is 536 g/mol. The maximum atomic E-state index is 6.02. The van der Waals surface area contributed by atoms with Crippen molar-refractivity contribution >= 4 is 53.3 Å². The van der Waals surface area contributed by atoms with Crippen LogP contribution < -0.4 is 10.6 Å². The Bertz CT molecular complexity index is 772. The van der Waals surface area contributed by atoms with Crippen molar-refractivity contribution in [2.24, 2.45) is 4.99 Å². The van der Waals surface area contributed by atoms with Gasteiger partial charge < -0.3 is 15.2 Å². The maximum absolute atomic E-state index is 6.02. The first-order valence-electron chi connectivity index (χ1n) is 9.43. The van der Waals surface area contributed by atoms with Crippen LogP contribution in [0.1, 0.15) is 39.0 Å². The molecule has 1 aromatic heterocycles. The Balaban J connectivity index is 0.00000280. The molecule has 28 heavy (non-hydrogen) atoms. The first kappa shape index (κ1) is 23.3. The number of guanidine groups is 1. The zero-order valence-electron chi connectivity index (χ0n) is 16.2. The fraction of sp³-hybridized carbons (Fsp3) is 0.526. The van der Waals surface area contributed by atoms with E-state index in [1.54, 1.807) is 0 Å². The van der Waals surface area contributed by atoms with Crippen LogP contribution in [0.25, 0.3) is 11.4 Å². The summed E-state index contributed by atoms with van der Waals surface area (Å²) in [6.45, 7) is 5.43. The second-order valence-electron chi connectivity index (χ2n) is 6.45. The number of nitrogens with one attached hydrogen (secondary N) is 2. The number of thioether (sulfide) groups is 1. The molecule has 1 saturated carbocycles. The molecule has 0 saturated heterocycles. The van der Waals surface area contributed by atoms with E-state index in [1.807, 2.05) is 24.3 Å². The van der Waals surface area contributed by atoms with Crippen LogP contribution in [-0.4, -0.2) is 39.7 Å². The van der Waals surface area contributed by atoms with Gasteiger partial charge in [0.25, 0.3) is 0 Å². The first-order valence-corrected chi connectivity index (χ1v) is 10.9. The van der Waals surface area contributed by atoms with Gasteiger partial charge in [0.1, 0.15) is 6.54 Å². The molecule has 1 aromatic carbocycles. The third kappa shape index (κ3) is 6.81. The quantitative estimate of drug-likeness (QED) is 0.303. The van der Waals surface area contributed by atoms with Gasteiger partial charge in [0.05, 0.1) is 0 Å². The van der Waals surface area contributed by atoms with E-state index >= 15 is 0 Å². The Hall–Kier alpha value is -1.000. The largest absolute Gasteiger partial charge is 0.357 e. The van der Waals surface area contributed by atoms with Crippen molar-refractivity contribution < 1.29 is 4.52 Å². The molecule has 1 fully saturated rings. The van der Waals surface area contributed by atoms with E-state index in [9.17, 15) is 0 Å². The standard InChI is InChI=1S/C19H26ClN5OS.HI/c1-3-21-19(23-15-8-9-16(11-15)27-4-2)22-12-17-24-18(25-26-17)13-6-5-7-14(20)10-13;/h5-7,10,15-16H,3-4,8-9,11-12H2,1-2H3,(H2,21,22,23);1H. The summed E-state index contributed by atoms with van der Waals surface area (Å²) in [5.41, 5.74) is 0.830. The highest BCUT2D eigenvalue weighted by Gasteiger charge is 2.25. The third-order valence-electron chi connectivity index (χ3n) is 4.40. The lowest BCUT2D eigenvalue weighted by molar-refractivity contribution is 0.380. The summed E-state index contributed by atoms with van der Waals surface area (Å²) in [6.07, 6.45) is 3.63. The predicted octanol–water partition coefficient (Wildman–Crippen LogP) is 4.74. The van der Waals surface area contributed by atoms with Crippen molar-refractivity contribution in [1.82, 2.24) is 20.8 Å². The molecule has 1 aliphatic carbocycles. The molecule has 0 bridgehead atoms. The molecule has 2 atom stereocenters. The minimum atomic E-state index is 0. The minimum Gasteiger partial charge on any atom is -0.357 e. The van der Waals surface area contributed by atoms with Gasteiger partial charge >= 0.3 is 0 Å². The van der Waals surface area contributed by atoms with Gasteiger partial charge in [0.15, 0.2) is 5.96 Å². The summed E-state index contributed by atoms with van der Waals surface area (Å²) in [5, 5.41) is 12.3. The van der Waals surface area contributed by atoms with E-state index in [-0.39, 0.29) is 24.0 Å². The van der Waals surface area contributed by atoms with Gasteiger partial charge in [-0.1, -0.05) is 35.8 Å². The highest BCUT2D eigenvalue weighted by Crippen LogP contribution is 2.29. The van der Waals surface area contributed by atoms with Crippen LogP contribution in [-0.2, 0) is 6.54 Å². The monoisotopic (exact) mass is 535 g/mol. The summed E-state index contributed by atoms with van der Waals surface area (Å²) in [4.78, 5) is 9.03. The van der Waals surface area contributed by atoms with Crippen LogP contribution in [0.2, 0.25) is 5.02 Å². The predicted molar refractivity (Wildman–Crippen MR) is 128 cm³/mol. The summed E-state index contributed by atoms with van der Waals surface area (Å²) >= 11 is 8.08. The number of nitrogens with zero attached hydrogens (tertiary/aromatic N) is 3. The van der Waals surface area contributed by atoms with Crippen molar-refractivity contribution in [2.75, 3.05) is 12.3 Å². The van der Waals surface area contributed by atoms with Gasteiger partial charge in [-0.3, -0.25) is 0 Å². The number of aromatic nitrogens is 2. The second-order valence-corrected chi connectivity index (χ2v) is 8.46. The summed E-state index contributed by atoms with van der Waals surface area (Å²) < 4.78 is 5.34. The van der Waals surface area contributed by atoms with Gasteiger partial charge in [-0.05, 0) is 44.1 Å². The molecule has 154 valence electrons. The minimum absolute atomic E-state index is 0. The molecule has 0 spiro atoms. The molecule has 9 heteroatoms. The van der Waals surface area contributed by atoms with E-state index in [4.69, 9.17) is 16.1 Å². The molecule has 0 amide bonds. The van der Waals surface area contributed by atoms with Gasteiger partial charge in [-0.2, -0.15) is 16.7 Å². The Morgan fingerprint density at radius 1 is 1.36 bits per heavy atom. The molecule has 3 rings (SSSR count). The van der Waals surface area contributed by atoms with Crippen LogP contribution in [0.5, 0.6) is 0 Å². The second kappa shape index (κ2) is 11.9. The molecule has 2 unspecified atom stereocenters. The number of hydrogen-bond donors (Lipinski definition) is 2. The Morgan fingerprint density at radius 3 is 2.96 bits per heavy atom. The van der Waals surface area contributed by atoms with Crippen molar-refractivity contribution in [3.8, 4) is 11.4 Å². The lowest BCUT2D eigenvalue weighted by Crippen LogP contribution is -2.42. The Labute approximate surface area is 192 Å². The zero-order chi connectivity index (χ0) is 19.1. The van der Waals surface area contributed by atoms with Gasteiger partial charge in [-0.15, -0.1) is 24.0 Å². The van der Waals surface area contributed by atoms with Gasteiger partial charge in [0, 0.05) is 28.4 Å². The number of halogens is 2. The lowest BCUT2D eigenvalue weighted by atomic mass is 10.2. The van der Waals surface area contributed by atoms with Crippen LogP contribution >= 0.6 is 47.3 Å². The average Bonchev–Trinajstić information content (AvgIpc) is 3.30. The van der Waals surface area contributed by atoms with E-state index in [2.05, 4.69) is 51.4 Å². The van der Waals surface area contributed by atoms with Crippen LogP contribution in [0.15, 0.2) is 33.8 Å². The van der Waals surface area contributed by atoms with Gasteiger partial charge in [0.2, 0.25) is 11.7 Å². The molecular weight excluding hydrogens is 509 g/mol. The Kier molecular flexibility index (Phi) is 9.87. The smallest absolute Gasteiger partial charge is 0.248 e. The number of rotatable bonds is 7. The molecule has 0 radical (unpaired) electrons. The molecule has 2 N–H and O–H groups in total. The van der Waals surface area contributed by atoms with Crippen molar-refractivity contribution in [1.29, 1.82) is 0 Å². The van der Waals surface area contributed by atoms with Crippen LogP contribution in [0.4, 0.5) is 0 Å². The molecule has 0 aliphatic heterocycles. The summed E-state index contributed by atoms with van der Waals surface area (Å²) in [7, 11) is 0.